The van der Waals surface area contributed by atoms with Crippen molar-refractivity contribution < 1.29 is 22.7 Å². The highest BCUT2D eigenvalue weighted by Gasteiger charge is 2.26. The van der Waals surface area contributed by atoms with Crippen LogP contribution in [0.4, 0.5) is 0 Å². The van der Waals surface area contributed by atoms with Crippen LogP contribution in [0.3, 0.4) is 0 Å². The number of hydrogen-bond donors (Lipinski definition) is 2. The first kappa shape index (κ1) is 22.9. The van der Waals surface area contributed by atoms with Crippen molar-refractivity contribution in [2.75, 3.05) is 27.4 Å². The van der Waals surface area contributed by atoms with Crippen LogP contribution in [-0.4, -0.2) is 47.7 Å². The smallest absolute Gasteiger partial charge is 0.241 e. The van der Waals surface area contributed by atoms with Crippen LogP contribution in [0.15, 0.2) is 53.4 Å². The molecule has 1 atom stereocenters. The fraction of sp³-hybridized carbons (Fsp3) is 0.381. The third-order valence-electron chi connectivity index (χ3n) is 4.40. The standard InChI is InChI=1S/C21H28N2O5S/c1-16-14-18(10-11-20(16)28-3)29(25,26)23-19(15-17-8-5-4-6-9-17)21(24)22-12-7-13-27-2/h4-6,8-11,14,19,23H,7,12-13,15H2,1-3H3,(H,22,24)/t19-/m1/s1. The van der Waals surface area contributed by atoms with E-state index in [0.29, 0.717) is 30.9 Å². The van der Waals surface area contributed by atoms with Crippen LogP contribution in [0.2, 0.25) is 0 Å². The van der Waals surface area contributed by atoms with Crippen molar-refractivity contribution in [2.24, 2.45) is 0 Å². The summed E-state index contributed by atoms with van der Waals surface area (Å²) < 4.78 is 38.5. The average molecular weight is 421 g/mol. The molecular formula is C21H28N2O5S. The van der Waals surface area contributed by atoms with Gasteiger partial charge in [0, 0.05) is 20.3 Å². The Kier molecular flexibility index (Phi) is 8.63. The highest BCUT2D eigenvalue weighted by Crippen LogP contribution is 2.21. The number of methoxy groups -OCH3 is 2. The first-order valence-electron chi connectivity index (χ1n) is 9.35. The Morgan fingerprint density at radius 2 is 1.83 bits per heavy atom. The van der Waals surface area contributed by atoms with Gasteiger partial charge in [0.2, 0.25) is 15.9 Å². The minimum absolute atomic E-state index is 0.0843. The molecule has 2 rings (SSSR count). The Bertz CT molecular complexity index is 901. The maximum absolute atomic E-state index is 12.9. The van der Waals surface area contributed by atoms with Gasteiger partial charge in [-0.1, -0.05) is 30.3 Å². The van der Waals surface area contributed by atoms with Gasteiger partial charge in [-0.15, -0.1) is 0 Å². The summed E-state index contributed by atoms with van der Waals surface area (Å²) in [6.07, 6.45) is 0.885. The highest BCUT2D eigenvalue weighted by molar-refractivity contribution is 7.89. The van der Waals surface area contributed by atoms with E-state index in [1.165, 1.54) is 19.2 Å². The molecule has 0 heterocycles. The Labute approximate surface area is 172 Å². The van der Waals surface area contributed by atoms with Crippen molar-refractivity contribution in [2.45, 2.75) is 30.7 Å². The number of carbonyl (C=O) groups is 1. The van der Waals surface area contributed by atoms with Crippen LogP contribution in [-0.2, 0) is 26.0 Å². The summed E-state index contributed by atoms with van der Waals surface area (Å²) in [6.45, 7) is 2.68. The van der Waals surface area contributed by atoms with Crippen LogP contribution >= 0.6 is 0 Å². The summed E-state index contributed by atoms with van der Waals surface area (Å²) >= 11 is 0. The van der Waals surface area contributed by atoms with Crippen molar-refractivity contribution >= 4 is 15.9 Å². The molecule has 0 aromatic heterocycles. The molecule has 0 saturated carbocycles. The Morgan fingerprint density at radius 1 is 1.10 bits per heavy atom. The molecular weight excluding hydrogens is 392 g/mol. The van der Waals surface area contributed by atoms with E-state index in [9.17, 15) is 13.2 Å². The summed E-state index contributed by atoms with van der Waals surface area (Å²) in [5, 5.41) is 2.78. The van der Waals surface area contributed by atoms with Gasteiger partial charge < -0.3 is 14.8 Å². The van der Waals surface area contributed by atoms with Crippen LogP contribution in [0, 0.1) is 6.92 Å². The molecule has 1 amide bonds. The van der Waals surface area contributed by atoms with Crippen molar-refractivity contribution in [3.8, 4) is 5.75 Å². The van der Waals surface area contributed by atoms with Crippen molar-refractivity contribution in [1.82, 2.24) is 10.0 Å². The zero-order chi connectivity index (χ0) is 21.3. The summed E-state index contributed by atoms with van der Waals surface area (Å²) in [4.78, 5) is 12.8. The van der Waals surface area contributed by atoms with E-state index in [1.54, 1.807) is 20.1 Å². The summed E-state index contributed by atoms with van der Waals surface area (Å²) in [5.74, 6) is 0.222. The number of rotatable bonds is 11. The van der Waals surface area contributed by atoms with E-state index in [0.717, 1.165) is 5.56 Å². The van der Waals surface area contributed by atoms with Crippen molar-refractivity contribution in [3.05, 3.63) is 59.7 Å². The average Bonchev–Trinajstić information content (AvgIpc) is 2.71. The minimum Gasteiger partial charge on any atom is -0.496 e. The first-order valence-corrected chi connectivity index (χ1v) is 10.8. The van der Waals surface area contributed by atoms with E-state index in [2.05, 4.69) is 10.0 Å². The fourth-order valence-corrected chi connectivity index (χ4v) is 4.14. The predicted molar refractivity (Wildman–Crippen MR) is 111 cm³/mol. The zero-order valence-electron chi connectivity index (χ0n) is 17.0. The molecule has 0 unspecified atom stereocenters. The van der Waals surface area contributed by atoms with E-state index in [4.69, 9.17) is 9.47 Å². The second-order valence-corrected chi connectivity index (χ2v) is 8.35. The second-order valence-electron chi connectivity index (χ2n) is 6.63. The lowest BCUT2D eigenvalue weighted by Gasteiger charge is -2.19. The van der Waals surface area contributed by atoms with Gasteiger partial charge in [0.25, 0.3) is 0 Å². The molecule has 2 aromatic carbocycles. The van der Waals surface area contributed by atoms with E-state index < -0.39 is 16.1 Å². The topological polar surface area (TPSA) is 93.7 Å². The number of hydrogen-bond acceptors (Lipinski definition) is 5. The van der Waals surface area contributed by atoms with Gasteiger partial charge in [-0.05, 0) is 49.1 Å². The summed E-state index contributed by atoms with van der Waals surface area (Å²) in [6, 6.07) is 12.9. The van der Waals surface area contributed by atoms with Gasteiger partial charge in [-0.3, -0.25) is 4.79 Å². The summed E-state index contributed by atoms with van der Waals surface area (Å²) in [7, 11) is -0.784. The van der Waals surface area contributed by atoms with Gasteiger partial charge in [0.05, 0.1) is 12.0 Å². The molecule has 7 nitrogen and oxygen atoms in total. The molecule has 0 aliphatic rings. The number of carbonyl (C=O) groups excluding carboxylic acids is 1. The van der Waals surface area contributed by atoms with Crippen LogP contribution in [0.1, 0.15) is 17.5 Å². The largest absolute Gasteiger partial charge is 0.496 e. The van der Waals surface area contributed by atoms with Gasteiger partial charge in [0.1, 0.15) is 11.8 Å². The molecule has 0 spiro atoms. The quantitative estimate of drug-likeness (QED) is 0.543. The third-order valence-corrected chi connectivity index (χ3v) is 5.87. The molecule has 158 valence electrons. The molecule has 0 fully saturated rings. The Hall–Kier alpha value is -2.42. The van der Waals surface area contributed by atoms with Gasteiger partial charge in [-0.2, -0.15) is 4.72 Å². The molecule has 2 aromatic rings. The van der Waals surface area contributed by atoms with Crippen LogP contribution in [0.5, 0.6) is 5.75 Å². The SMILES string of the molecule is COCCCNC(=O)[C@@H](Cc1ccccc1)NS(=O)(=O)c1ccc(OC)c(C)c1. The number of aryl methyl sites for hydroxylation is 1. The molecule has 0 aliphatic carbocycles. The number of ether oxygens (including phenoxy) is 2. The monoisotopic (exact) mass is 420 g/mol. The molecule has 0 aliphatic heterocycles. The number of sulfonamides is 1. The number of amides is 1. The van der Waals surface area contributed by atoms with Crippen molar-refractivity contribution in [1.29, 1.82) is 0 Å². The van der Waals surface area contributed by atoms with Gasteiger partial charge in [-0.25, -0.2) is 8.42 Å². The van der Waals surface area contributed by atoms with E-state index in [1.807, 2.05) is 30.3 Å². The molecule has 29 heavy (non-hydrogen) atoms. The maximum atomic E-state index is 12.9. The molecule has 2 N–H and O–H groups in total. The normalized spacial score (nSPS) is 12.4. The second kappa shape index (κ2) is 10.9. The molecule has 0 radical (unpaired) electrons. The minimum atomic E-state index is -3.90. The number of nitrogens with one attached hydrogen (secondary N) is 2. The van der Waals surface area contributed by atoms with Crippen LogP contribution < -0.4 is 14.8 Å². The predicted octanol–water partition coefficient (Wildman–Crippen LogP) is 2.05. The third kappa shape index (κ3) is 6.85. The Morgan fingerprint density at radius 3 is 2.45 bits per heavy atom. The number of benzene rings is 2. The molecule has 0 bridgehead atoms. The first-order chi connectivity index (χ1) is 13.9. The Balaban J connectivity index is 2.20. The van der Waals surface area contributed by atoms with Crippen molar-refractivity contribution in [3.63, 3.8) is 0 Å². The highest BCUT2D eigenvalue weighted by atomic mass is 32.2. The molecule has 0 saturated heterocycles. The lowest BCUT2D eigenvalue weighted by Crippen LogP contribution is -2.48. The van der Waals surface area contributed by atoms with E-state index in [-0.39, 0.29) is 17.2 Å². The fourth-order valence-electron chi connectivity index (χ4n) is 2.86. The summed E-state index contributed by atoms with van der Waals surface area (Å²) in [5.41, 5.74) is 1.55. The lowest BCUT2D eigenvalue weighted by atomic mass is 10.1. The zero-order valence-corrected chi connectivity index (χ0v) is 17.8. The van der Waals surface area contributed by atoms with Gasteiger partial charge >= 0.3 is 0 Å². The maximum Gasteiger partial charge on any atom is 0.241 e. The van der Waals surface area contributed by atoms with Crippen LogP contribution in [0.25, 0.3) is 0 Å². The lowest BCUT2D eigenvalue weighted by molar-refractivity contribution is -0.122. The molecule has 8 heteroatoms. The van der Waals surface area contributed by atoms with E-state index >= 15 is 0 Å². The van der Waals surface area contributed by atoms with Gasteiger partial charge in [0.15, 0.2) is 0 Å².